The lowest BCUT2D eigenvalue weighted by atomic mass is 10.00. The van der Waals surface area contributed by atoms with Crippen molar-refractivity contribution in [3.63, 3.8) is 0 Å². The Hall–Kier alpha value is -2.67. The van der Waals surface area contributed by atoms with E-state index in [1.807, 2.05) is 32.2 Å². The van der Waals surface area contributed by atoms with Crippen molar-refractivity contribution < 1.29 is 14.6 Å². The highest BCUT2D eigenvalue weighted by Gasteiger charge is 2.19. The van der Waals surface area contributed by atoms with Crippen molar-refractivity contribution in [3.05, 3.63) is 65.4 Å². The molecule has 2 aromatic carbocycles. The van der Waals surface area contributed by atoms with Crippen LogP contribution in [-0.4, -0.2) is 59.2 Å². The molecule has 0 radical (unpaired) electrons. The number of hydrogen-bond donors (Lipinski definition) is 2. The van der Waals surface area contributed by atoms with Crippen molar-refractivity contribution in [3.8, 4) is 5.75 Å². The number of carbonyl (C=O) groups is 1. The zero-order valence-electron chi connectivity index (χ0n) is 18.3. The fourth-order valence-corrected chi connectivity index (χ4v) is 4.48. The van der Waals surface area contributed by atoms with Crippen LogP contribution in [0.4, 0.5) is 0 Å². The second kappa shape index (κ2) is 9.64. The third-order valence-electron chi connectivity index (χ3n) is 6.00. The van der Waals surface area contributed by atoms with E-state index in [9.17, 15) is 9.90 Å². The zero-order valence-corrected chi connectivity index (χ0v) is 18.3. The third-order valence-corrected chi connectivity index (χ3v) is 6.00. The van der Waals surface area contributed by atoms with Crippen molar-refractivity contribution in [2.45, 2.75) is 32.1 Å². The Kier molecular flexibility index (Phi) is 6.70. The number of rotatable bonds is 9. The predicted molar refractivity (Wildman–Crippen MR) is 122 cm³/mol. The van der Waals surface area contributed by atoms with Gasteiger partial charge in [-0.15, -0.1) is 0 Å². The van der Waals surface area contributed by atoms with Gasteiger partial charge in [0.05, 0.1) is 11.6 Å². The van der Waals surface area contributed by atoms with Crippen LogP contribution >= 0.6 is 0 Å². The summed E-state index contributed by atoms with van der Waals surface area (Å²) in [6.45, 7) is 5.24. The van der Waals surface area contributed by atoms with Crippen molar-refractivity contribution >= 4 is 17.2 Å². The second-order valence-corrected chi connectivity index (χ2v) is 8.43. The fourth-order valence-electron chi connectivity index (χ4n) is 4.48. The van der Waals surface area contributed by atoms with Crippen molar-refractivity contribution in [2.24, 2.45) is 7.05 Å². The van der Waals surface area contributed by atoms with E-state index < -0.39 is 12.2 Å². The molecule has 4 rings (SSSR count). The molecule has 6 heteroatoms. The first-order valence-corrected chi connectivity index (χ1v) is 10.9. The van der Waals surface area contributed by atoms with Gasteiger partial charge in [0.15, 0.2) is 12.4 Å². The molecule has 0 fully saturated rings. The first-order valence-electron chi connectivity index (χ1n) is 10.9. The molecule has 1 aliphatic heterocycles. The number of ether oxygens (including phenoxy) is 1. The topological polar surface area (TPSA) is 66.7 Å². The number of fused-ring (bicyclic) bond motifs is 2. The number of aldehydes is 1. The van der Waals surface area contributed by atoms with Gasteiger partial charge in [0, 0.05) is 51.4 Å². The van der Waals surface area contributed by atoms with Gasteiger partial charge in [-0.3, -0.25) is 9.69 Å². The molecule has 31 heavy (non-hydrogen) atoms. The molecule has 0 amide bonds. The Balaban J connectivity index is 1.27. The molecule has 0 spiro atoms. The van der Waals surface area contributed by atoms with Gasteiger partial charge in [0.2, 0.25) is 0 Å². The highest BCUT2D eigenvalue weighted by atomic mass is 16.5. The predicted octanol–water partition coefficient (Wildman–Crippen LogP) is 2.44. The average Bonchev–Trinajstić information content (AvgIpc) is 3.07. The van der Waals surface area contributed by atoms with Crippen LogP contribution in [0, 0.1) is 6.92 Å². The largest absolute Gasteiger partial charge is 0.481 e. The molecule has 2 heterocycles. The minimum Gasteiger partial charge on any atom is -0.481 e. The van der Waals surface area contributed by atoms with Crippen LogP contribution in [-0.2, 0) is 24.8 Å². The molecule has 2 atom stereocenters. The maximum Gasteiger partial charge on any atom is 0.166 e. The first kappa shape index (κ1) is 21.6. The molecule has 0 saturated heterocycles. The molecule has 0 saturated carbocycles. The maximum atomic E-state index is 11.6. The van der Waals surface area contributed by atoms with E-state index in [-0.39, 0.29) is 0 Å². The number of aryl methyl sites for hydroxylation is 2. The number of hydrogen-bond acceptors (Lipinski definition) is 5. The van der Waals surface area contributed by atoms with Crippen LogP contribution in [0.25, 0.3) is 10.9 Å². The van der Waals surface area contributed by atoms with Crippen LogP contribution in [0.2, 0.25) is 0 Å². The molecule has 164 valence electrons. The zero-order chi connectivity index (χ0) is 21.8. The Morgan fingerprint density at radius 3 is 2.77 bits per heavy atom. The number of nitrogens with one attached hydrogen (secondary N) is 1. The monoisotopic (exact) mass is 421 g/mol. The minimum atomic E-state index is -0.612. The van der Waals surface area contributed by atoms with Gasteiger partial charge in [0.25, 0.3) is 0 Å². The summed E-state index contributed by atoms with van der Waals surface area (Å²) in [6, 6.07) is 14.4. The van der Waals surface area contributed by atoms with Gasteiger partial charge in [0.1, 0.15) is 5.75 Å². The molecule has 2 unspecified atom stereocenters. The summed E-state index contributed by atoms with van der Waals surface area (Å²) < 4.78 is 8.06. The smallest absolute Gasteiger partial charge is 0.166 e. The molecule has 6 nitrogen and oxygen atoms in total. The highest BCUT2D eigenvalue weighted by Crippen LogP contribution is 2.30. The number of carbonyl (C=O) groups excluding carboxylic acids is 1. The minimum absolute atomic E-state index is 0.353. The summed E-state index contributed by atoms with van der Waals surface area (Å²) in [7, 11) is 2.00. The number of nitrogens with zero attached hydrogens (tertiary/aromatic N) is 2. The molecule has 3 aromatic rings. The first-order chi connectivity index (χ1) is 15.0. The summed E-state index contributed by atoms with van der Waals surface area (Å²) in [4.78, 5) is 13.9. The van der Waals surface area contributed by atoms with Crippen LogP contribution in [0.3, 0.4) is 0 Å². The van der Waals surface area contributed by atoms with Crippen molar-refractivity contribution in [1.82, 2.24) is 14.8 Å². The van der Waals surface area contributed by atoms with E-state index in [1.165, 1.54) is 11.1 Å². The summed E-state index contributed by atoms with van der Waals surface area (Å²) in [6.07, 6.45) is 2.78. The van der Waals surface area contributed by atoms with Crippen LogP contribution in [0.15, 0.2) is 48.7 Å². The Labute approximate surface area is 183 Å². The molecule has 2 N–H and O–H groups in total. The Bertz CT molecular complexity index is 1050. The highest BCUT2D eigenvalue weighted by molar-refractivity contribution is 5.90. The maximum absolute atomic E-state index is 11.6. The fraction of sp³-hybridized carbons (Fsp3) is 0.400. The van der Waals surface area contributed by atoms with Gasteiger partial charge in [-0.1, -0.05) is 30.3 Å². The molecule has 0 bridgehead atoms. The molecular weight excluding hydrogens is 390 g/mol. The normalized spacial score (nSPS) is 16.1. The van der Waals surface area contributed by atoms with Gasteiger partial charge in [-0.05, 0) is 42.2 Å². The molecule has 1 aliphatic rings. The van der Waals surface area contributed by atoms with Gasteiger partial charge < -0.3 is 19.7 Å². The van der Waals surface area contributed by atoms with Gasteiger partial charge in [-0.2, -0.15) is 0 Å². The van der Waals surface area contributed by atoms with E-state index in [2.05, 4.69) is 45.2 Å². The summed E-state index contributed by atoms with van der Waals surface area (Å²) in [5, 5.41) is 14.7. The second-order valence-electron chi connectivity index (χ2n) is 8.43. The summed E-state index contributed by atoms with van der Waals surface area (Å²) >= 11 is 0. The number of β-amino-alcohol motifs (C(OH)–C–C–N with tert-alkyl or cyclic N) is 1. The molecular formula is C25H31N3O3. The standard InChI is InChI=1S/C25H31N3O3/c1-18-14-27(2)23-8-5-9-24(25(18)23)31-22(17-29)13-26-12-21(30)16-28-11-10-19-6-3-4-7-20(19)15-28/h3-9,14,17,21-22,26,30H,10-13,15-16H2,1-2H3. The summed E-state index contributed by atoms with van der Waals surface area (Å²) in [5.74, 6) is 0.710. The number of aliphatic hydroxyl groups excluding tert-OH is 1. The third kappa shape index (κ3) is 4.98. The lowest BCUT2D eigenvalue weighted by Gasteiger charge is -2.30. The SMILES string of the molecule is Cc1cn(C)c2cccc(OC(C=O)CNCC(O)CN3CCc4ccccc4C3)c12. The van der Waals surface area contributed by atoms with E-state index in [4.69, 9.17) is 4.74 Å². The van der Waals surface area contributed by atoms with E-state index >= 15 is 0 Å². The van der Waals surface area contributed by atoms with Gasteiger partial charge >= 0.3 is 0 Å². The van der Waals surface area contributed by atoms with E-state index in [1.54, 1.807) is 0 Å². The average molecular weight is 422 g/mol. The number of aromatic nitrogens is 1. The van der Waals surface area contributed by atoms with Crippen LogP contribution in [0.1, 0.15) is 16.7 Å². The lowest BCUT2D eigenvalue weighted by Crippen LogP contribution is -2.43. The molecule has 0 aliphatic carbocycles. The van der Waals surface area contributed by atoms with Crippen molar-refractivity contribution in [1.29, 1.82) is 0 Å². The number of benzene rings is 2. The molecule has 1 aromatic heterocycles. The quantitative estimate of drug-likeness (QED) is 0.520. The number of aliphatic hydroxyl groups is 1. The van der Waals surface area contributed by atoms with Gasteiger partial charge in [-0.25, -0.2) is 0 Å². The summed E-state index contributed by atoms with van der Waals surface area (Å²) in [5.41, 5.74) is 4.94. The lowest BCUT2D eigenvalue weighted by molar-refractivity contribution is -0.113. The Morgan fingerprint density at radius 2 is 1.97 bits per heavy atom. The van der Waals surface area contributed by atoms with E-state index in [0.29, 0.717) is 25.4 Å². The Morgan fingerprint density at radius 1 is 1.16 bits per heavy atom. The van der Waals surface area contributed by atoms with Crippen molar-refractivity contribution in [2.75, 3.05) is 26.2 Å². The van der Waals surface area contributed by atoms with Crippen LogP contribution in [0.5, 0.6) is 5.75 Å². The van der Waals surface area contributed by atoms with Crippen LogP contribution < -0.4 is 10.1 Å². The van der Waals surface area contributed by atoms with E-state index in [0.717, 1.165) is 42.3 Å².